The van der Waals surface area contributed by atoms with Crippen LogP contribution in [0.25, 0.3) is 11.3 Å². The summed E-state index contributed by atoms with van der Waals surface area (Å²) in [4.78, 5) is 14.8. The predicted octanol–water partition coefficient (Wildman–Crippen LogP) is 5.96. The molecule has 0 radical (unpaired) electrons. The van der Waals surface area contributed by atoms with Gasteiger partial charge in [0.05, 0.1) is 16.8 Å². The molecule has 8 heteroatoms. The van der Waals surface area contributed by atoms with E-state index in [-0.39, 0.29) is 5.69 Å². The molecule has 1 N–H and O–H groups in total. The number of hydrogen-bond acceptors (Lipinski definition) is 7. The summed E-state index contributed by atoms with van der Waals surface area (Å²) in [7, 11) is 0. The highest BCUT2D eigenvalue weighted by molar-refractivity contribution is 7.14. The fraction of sp³-hybridized carbons (Fsp3) is 0. The largest absolute Gasteiger partial charge is 0.457 e. The van der Waals surface area contributed by atoms with E-state index in [2.05, 4.69) is 15.5 Å². The summed E-state index contributed by atoms with van der Waals surface area (Å²) >= 11 is 1.48. The first kappa shape index (κ1) is 19.3. The highest BCUT2D eigenvalue weighted by atomic mass is 32.1. The molecule has 0 atom stereocenters. The van der Waals surface area contributed by atoms with Gasteiger partial charge in [0.25, 0.3) is 5.69 Å². The van der Waals surface area contributed by atoms with Crippen molar-refractivity contribution in [3.05, 3.63) is 99.9 Å². The van der Waals surface area contributed by atoms with Crippen molar-refractivity contribution in [3.8, 4) is 22.8 Å². The van der Waals surface area contributed by atoms with Crippen LogP contribution in [0.3, 0.4) is 0 Å². The lowest BCUT2D eigenvalue weighted by Crippen LogP contribution is -1.91. The van der Waals surface area contributed by atoms with Crippen LogP contribution in [0.5, 0.6) is 11.5 Å². The molecule has 7 nitrogen and oxygen atoms in total. The third-order valence-electron chi connectivity index (χ3n) is 4.09. The molecule has 0 aliphatic heterocycles. The number of nitrogens with one attached hydrogen (secondary N) is 1. The summed E-state index contributed by atoms with van der Waals surface area (Å²) in [6.45, 7) is 0. The molecule has 4 aromatic rings. The number of rotatable bonds is 7. The molecular formula is C22H16N4O3S. The van der Waals surface area contributed by atoms with Crippen LogP contribution >= 0.6 is 11.3 Å². The first-order chi connectivity index (χ1) is 14.7. The Morgan fingerprint density at radius 3 is 2.57 bits per heavy atom. The van der Waals surface area contributed by atoms with Crippen molar-refractivity contribution in [2.24, 2.45) is 5.10 Å². The van der Waals surface area contributed by atoms with Crippen molar-refractivity contribution in [1.29, 1.82) is 0 Å². The van der Waals surface area contributed by atoms with Gasteiger partial charge >= 0.3 is 0 Å². The van der Waals surface area contributed by atoms with Crippen LogP contribution in [0.4, 0.5) is 10.8 Å². The molecule has 30 heavy (non-hydrogen) atoms. The van der Waals surface area contributed by atoms with Crippen LogP contribution in [-0.4, -0.2) is 16.1 Å². The first-order valence-corrected chi connectivity index (χ1v) is 9.88. The van der Waals surface area contributed by atoms with Gasteiger partial charge in [0.15, 0.2) is 0 Å². The molecule has 0 bridgehead atoms. The minimum atomic E-state index is -0.445. The number of ether oxygens (including phenoxy) is 1. The summed E-state index contributed by atoms with van der Waals surface area (Å²) in [5.41, 5.74) is 5.75. The van der Waals surface area contributed by atoms with E-state index in [1.807, 2.05) is 53.9 Å². The van der Waals surface area contributed by atoms with Crippen LogP contribution in [0, 0.1) is 10.1 Å². The van der Waals surface area contributed by atoms with E-state index in [0.717, 1.165) is 16.8 Å². The van der Waals surface area contributed by atoms with Crippen molar-refractivity contribution in [3.63, 3.8) is 0 Å². The third-order valence-corrected chi connectivity index (χ3v) is 4.84. The highest BCUT2D eigenvalue weighted by Gasteiger charge is 2.06. The maximum Gasteiger partial charge on any atom is 0.269 e. The minimum absolute atomic E-state index is 0.0203. The first-order valence-electron chi connectivity index (χ1n) is 9.00. The van der Waals surface area contributed by atoms with Gasteiger partial charge in [0, 0.05) is 23.1 Å². The number of hydrazone groups is 1. The summed E-state index contributed by atoms with van der Waals surface area (Å²) in [6.07, 6.45) is 1.67. The predicted molar refractivity (Wildman–Crippen MR) is 118 cm³/mol. The van der Waals surface area contributed by atoms with E-state index in [1.54, 1.807) is 24.4 Å². The van der Waals surface area contributed by atoms with Crippen LogP contribution in [-0.2, 0) is 0 Å². The summed E-state index contributed by atoms with van der Waals surface area (Å²) in [5, 5.41) is 17.6. The van der Waals surface area contributed by atoms with Crippen LogP contribution in [0.1, 0.15) is 5.56 Å². The van der Waals surface area contributed by atoms with Crippen LogP contribution in [0.15, 0.2) is 89.3 Å². The zero-order chi connectivity index (χ0) is 20.8. The Labute approximate surface area is 176 Å². The van der Waals surface area contributed by atoms with Crippen LogP contribution < -0.4 is 10.2 Å². The van der Waals surface area contributed by atoms with Gasteiger partial charge in [0.2, 0.25) is 5.13 Å². The Kier molecular flexibility index (Phi) is 5.77. The summed E-state index contributed by atoms with van der Waals surface area (Å²) in [5.74, 6) is 1.12. The summed E-state index contributed by atoms with van der Waals surface area (Å²) in [6, 6.07) is 23.3. The van der Waals surface area contributed by atoms with Gasteiger partial charge in [-0.05, 0) is 29.8 Å². The van der Waals surface area contributed by atoms with Gasteiger partial charge < -0.3 is 4.74 Å². The number of anilines is 1. The van der Waals surface area contributed by atoms with E-state index >= 15 is 0 Å². The zero-order valence-electron chi connectivity index (χ0n) is 15.6. The molecule has 3 aromatic carbocycles. The average molecular weight is 416 g/mol. The molecule has 0 amide bonds. The van der Waals surface area contributed by atoms with Crippen molar-refractivity contribution < 1.29 is 9.66 Å². The van der Waals surface area contributed by atoms with Crippen molar-refractivity contribution >= 4 is 28.4 Å². The number of benzene rings is 3. The Morgan fingerprint density at radius 1 is 1.00 bits per heavy atom. The van der Waals surface area contributed by atoms with Crippen molar-refractivity contribution in [1.82, 2.24) is 4.98 Å². The molecule has 4 rings (SSSR count). The number of nitro benzene ring substituents is 1. The fourth-order valence-corrected chi connectivity index (χ4v) is 3.33. The number of nitrogens with zero attached hydrogens (tertiary/aromatic N) is 3. The normalized spacial score (nSPS) is 10.8. The number of non-ortho nitro benzene ring substituents is 1. The van der Waals surface area contributed by atoms with Gasteiger partial charge in [-0.3, -0.25) is 15.5 Å². The highest BCUT2D eigenvalue weighted by Crippen LogP contribution is 2.25. The number of hydrogen-bond donors (Lipinski definition) is 1. The molecule has 0 spiro atoms. The lowest BCUT2D eigenvalue weighted by atomic mass is 10.2. The maximum absolute atomic E-state index is 10.7. The zero-order valence-corrected chi connectivity index (χ0v) is 16.5. The molecule has 1 aromatic heterocycles. The minimum Gasteiger partial charge on any atom is -0.457 e. The van der Waals surface area contributed by atoms with E-state index in [9.17, 15) is 10.1 Å². The van der Waals surface area contributed by atoms with Crippen molar-refractivity contribution in [2.75, 3.05) is 5.43 Å². The second-order valence-electron chi connectivity index (χ2n) is 6.20. The van der Waals surface area contributed by atoms with Crippen molar-refractivity contribution in [2.45, 2.75) is 0 Å². The Bertz CT molecular complexity index is 1170. The van der Waals surface area contributed by atoms with E-state index in [4.69, 9.17) is 4.74 Å². The molecule has 0 saturated carbocycles. The molecule has 0 saturated heterocycles. The van der Waals surface area contributed by atoms with Crippen LogP contribution in [0.2, 0.25) is 0 Å². The Balaban J connectivity index is 1.39. The Morgan fingerprint density at radius 2 is 1.80 bits per heavy atom. The molecule has 1 heterocycles. The molecule has 0 aliphatic carbocycles. The SMILES string of the molecule is O=[N+]([O-])c1ccc(Oc2cccc(C=NNc3nc(-c4ccccc4)cs3)c2)cc1. The van der Waals surface area contributed by atoms with E-state index < -0.39 is 4.92 Å². The summed E-state index contributed by atoms with van der Waals surface area (Å²) < 4.78 is 5.76. The molecular weight excluding hydrogens is 400 g/mol. The average Bonchev–Trinajstić information content (AvgIpc) is 3.24. The second-order valence-corrected chi connectivity index (χ2v) is 7.06. The van der Waals surface area contributed by atoms with E-state index in [0.29, 0.717) is 16.6 Å². The molecule has 148 valence electrons. The van der Waals surface area contributed by atoms with E-state index in [1.165, 1.54) is 23.5 Å². The van der Waals surface area contributed by atoms with Gasteiger partial charge in [-0.2, -0.15) is 5.10 Å². The van der Waals surface area contributed by atoms with Gasteiger partial charge in [-0.25, -0.2) is 4.98 Å². The fourth-order valence-electron chi connectivity index (χ4n) is 2.66. The maximum atomic E-state index is 10.7. The molecule has 0 fully saturated rings. The number of aromatic nitrogens is 1. The molecule has 0 aliphatic rings. The third kappa shape index (κ3) is 4.86. The quantitative estimate of drug-likeness (QED) is 0.228. The van der Waals surface area contributed by atoms with Gasteiger partial charge in [-0.1, -0.05) is 42.5 Å². The topological polar surface area (TPSA) is 89.7 Å². The number of nitro groups is 1. The van der Waals surface area contributed by atoms with Gasteiger partial charge in [-0.15, -0.1) is 11.3 Å². The lowest BCUT2D eigenvalue weighted by Gasteiger charge is -2.06. The Hall–Kier alpha value is -4.04. The smallest absolute Gasteiger partial charge is 0.269 e. The molecule has 0 unspecified atom stereocenters. The monoisotopic (exact) mass is 416 g/mol. The lowest BCUT2D eigenvalue weighted by molar-refractivity contribution is -0.384. The standard InChI is InChI=1S/C22H16N4O3S/c27-26(28)18-9-11-19(12-10-18)29-20-8-4-5-16(13-20)14-23-25-22-24-21(15-30-22)17-6-2-1-3-7-17/h1-15H,(H,24,25). The van der Waals surface area contributed by atoms with Gasteiger partial charge in [0.1, 0.15) is 11.5 Å². The number of thiazole rings is 1. The second kappa shape index (κ2) is 8.97.